The van der Waals surface area contributed by atoms with E-state index in [0.29, 0.717) is 108 Å². The Labute approximate surface area is 425 Å². The van der Waals surface area contributed by atoms with Crippen molar-refractivity contribution in [1.29, 1.82) is 0 Å². The topological polar surface area (TPSA) is 160 Å². The van der Waals surface area contributed by atoms with Crippen molar-refractivity contribution in [2.75, 3.05) is 66.4 Å². The molecule has 374 valence electrons. The van der Waals surface area contributed by atoms with E-state index < -0.39 is 24.0 Å². The van der Waals surface area contributed by atoms with Crippen molar-refractivity contribution in [3.8, 4) is 44.7 Å². The number of halogens is 3. The summed E-state index contributed by atoms with van der Waals surface area (Å²) in [5, 5.41) is 12.0. The fourth-order valence-electron chi connectivity index (χ4n) is 9.75. The van der Waals surface area contributed by atoms with Gasteiger partial charge in [0, 0.05) is 67.3 Å². The van der Waals surface area contributed by atoms with Crippen LogP contribution in [0, 0.1) is 19.7 Å². The standard InChI is InChI=1S/C52H55Cl2FN6O9S/c1-29-42-30(2)46(54)47(45(29)53)69-38(22-61-18-16-60(3)17-19-61)25-66-37-12-13-40(67-23-35-14-15-56-49(59-35)32-6-10-36(11-7-32)65-26-39-24-64-28-68-39)33(20-37)21-41(52(62)63)70-50-44-43(42)48(71-51(44)58-27-57-50)31-4-8-34(55)9-5-31/h4-5,8-9,12-15,20,27,32,36,38-39,41H,6-7,10-11,16-19,21-26,28H2,1-3H3,(H,62,63)/t32?,36?,38?,39?,41-/m1/s1. The molecule has 3 fully saturated rings. The van der Waals surface area contributed by atoms with Crippen LogP contribution >= 0.6 is 34.5 Å². The van der Waals surface area contributed by atoms with Crippen molar-refractivity contribution in [2.24, 2.45) is 0 Å². The Morgan fingerprint density at radius 3 is 2.42 bits per heavy atom. The second kappa shape index (κ2) is 21.9. The summed E-state index contributed by atoms with van der Waals surface area (Å²) in [6, 6.07) is 13.3. The van der Waals surface area contributed by atoms with Gasteiger partial charge in [-0.2, -0.15) is 0 Å². The number of carboxylic acid groups (broad SMARTS) is 1. The van der Waals surface area contributed by atoms with Gasteiger partial charge in [-0.15, -0.1) is 11.3 Å². The Balaban J connectivity index is 0.996. The summed E-state index contributed by atoms with van der Waals surface area (Å²) in [5.74, 6) is 0.556. The van der Waals surface area contributed by atoms with E-state index >= 15 is 0 Å². The van der Waals surface area contributed by atoms with Crippen LogP contribution in [0.5, 0.6) is 23.1 Å². The number of thiophene rings is 1. The highest BCUT2D eigenvalue weighted by Gasteiger charge is 2.33. The lowest BCUT2D eigenvalue weighted by atomic mass is 9.86. The molecule has 4 aliphatic heterocycles. The second-order valence-electron chi connectivity index (χ2n) is 18.6. The van der Waals surface area contributed by atoms with Crippen LogP contribution in [0.4, 0.5) is 4.39 Å². The van der Waals surface area contributed by atoms with Crippen molar-refractivity contribution in [1.82, 2.24) is 29.7 Å². The summed E-state index contributed by atoms with van der Waals surface area (Å²) in [5.41, 5.74) is 4.48. The molecule has 5 aliphatic rings. The van der Waals surface area contributed by atoms with Crippen molar-refractivity contribution in [3.63, 3.8) is 0 Å². The first-order valence-electron chi connectivity index (χ1n) is 24.0. The monoisotopic (exact) mass is 1030 g/mol. The number of rotatable bonds is 11. The minimum Gasteiger partial charge on any atom is -0.490 e. The van der Waals surface area contributed by atoms with Crippen molar-refractivity contribution < 1.29 is 47.4 Å². The maximum atomic E-state index is 14.4. The van der Waals surface area contributed by atoms with Crippen molar-refractivity contribution >= 4 is 50.7 Å². The first-order valence-corrected chi connectivity index (χ1v) is 25.5. The zero-order chi connectivity index (χ0) is 49.2. The zero-order valence-electron chi connectivity index (χ0n) is 39.7. The van der Waals surface area contributed by atoms with E-state index in [-0.39, 0.29) is 43.6 Å². The number of ether oxygens (including phenoxy) is 7. The molecule has 1 N–H and O–H groups in total. The number of hydrogen-bond acceptors (Lipinski definition) is 15. The second-order valence-corrected chi connectivity index (χ2v) is 20.4. The van der Waals surface area contributed by atoms with Crippen LogP contribution < -0.4 is 18.9 Å². The lowest BCUT2D eigenvalue weighted by molar-refractivity contribution is -0.145. The summed E-state index contributed by atoms with van der Waals surface area (Å²) in [4.78, 5) is 38.0. The quantitative estimate of drug-likeness (QED) is 0.131. The summed E-state index contributed by atoms with van der Waals surface area (Å²) in [6.07, 6.45) is 4.68. The van der Waals surface area contributed by atoms with Crippen LogP contribution in [-0.2, 0) is 32.0 Å². The molecule has 0 amide bonds. The lowest BCUT2D eigenvalue weighted by Gasteiger charge is -2.35. The summed E-state index contributed by atoms with van der Waals surface area (Å²) in [7, 11) is 2.11. The molecule has 1 aliphatic carbocycles. The highest BCUT2D eigenvalue weighted by Crippen LogP contribution is 2.53. The van der Waals surface area contributed by atoms with Crippen molar-refractivity contribution in [3.05, 3.63) is 105 Å². The predicted molar refractivity (Wildman–Crippen MR) is 267 cm³/mol. The fraction of sp³-hybridized carbons (Fsp3) is 0.442. The lowest BCUT2D eigenvalue weighted by Crippen LogP contribution is -2.49. The molecule has 0 radical (unpaired) electrons. The number of carboxylic acids is 1. The van der Waals surface area contributed by atoms with Crippen LogP contribution in [0.1, 0.15) is 59.8 Å². The Morgan fingerprint density at radius 1 is 0.915 bits per heavy atom. The fourth-order valence-corrected chi connectivity index (χ4v) is 11.4. The van der Waals surface area contributed by atoms with Crippen LogP contribution in [0.3, 0.4) is 0 Å². The molecule has 7 heterocycles. The molecule has 2 saturated heterocycles. The number of carbonyl (C=O) groups is 1. The average molecular weight is 1030 g/mol. The van der Waals surface area contributed by atoms with Gasteiger partial charge in [0.15, 0.2) is 5.75 Å². The Morgan fingerprint density at radius 2 is 1.69 bits per heavy atom. The summed E-state index contributed by atoms with van der Waals surface area (Å²) < 4.78 is 57.8. The molecule has 15 nitrogen and oxygen atoms in total. The van der Waals surface area contributed by atoms with E-state index in [1.54, 1.807) is 36.5 Å². The number of fused-ring (bicyclic) bond motifs is 7. The molecular weight excluding hydrogens is 975 g/mol. The molecule has 11 rings (SSSR count). The predicted octanol–water partition coefficient (Wildman–Crippen LogP) is 9.33. The van der Waals surface area contributed by atoms with E-state index in [2.05, 4.69) is 31.8 Å². The van der Waals surface area contributed by atoms with Gasteiger partial charge in [-0.1, -0.05) is 35.3 Å². The van der Waals surface area contributed by atoms with Gasteiger partial charge >= 0.3 is 5.97 Å². The first-order chi connectivity index (χ1) is 34.4. The minimum absolute atomic E-state index is 0.0158. The molecule has 2 unspecified atom stereocenters. The van der Waals surface area contributed by atoms with Gasteiger partial charge in [-0.3, -0.25) is 4.90 Å². The van der Waals surface area contributed by atoms with Gasteiger partial charge in [-0.05, 0) is 105 Å². The maximum Gasteiger partial charge on any atom is 0.345 e. The molecule has 3 aromatic heterocycles. The van der Waals surface area contributed by atoms with Gasteiger partial charge in [0.1, 0.15) is 66.5 Å². The molecule has 71 heavy (non-hydrogen) atoms. The van der Waals surface area contributed by atoms with Crippen LogP contribution in [0.2, 0.25) is 10.0 Å². The number of aliphatic carboxylic acids is 1. The van der Waals surface area contributed by atoms with Gasteiger partial charge < -0.3 is 43.2 Å². The van der Waals surface area contributed by atoms with Gasteiger partial charge in [0.05, 0.1) is 40.4 Å². The third-order valence-electron chi connectivity index (χ3n) is 13.7. The maximum absolute atomic E-state index is 14.4. The number of benzene rings is 3. The third kappa shape index (κ3) is 11.1. The van der Waals surface area contributed by atoms with Gasteiger partial charge in [0.25, 0.3) is 0 Å². The molecule has 6 aromatic rings. The minimum atomic E-state index is -1.46. The molecule has 1 saturated carbocycles. The average Bonchev–Trinajstić information content (AvgIpc) is 4.05. The summed E-state index contributed by atoms with van der Waals surface area (Å²) >= 11 is 16.0. The van der Waals surface area contributed by atoms with Gasteiger partial charge in [0.2, 0.25) is 12.0 Å². The molecule has 3 aromatic carbocycles. The highest BCUT2D eigenvalue weighted by atomic mass is 35.5. The zero-order valence-corrected chi connectivity index (χ0v) is 42.0. The Bertz CT molecular complexity index is 2840. The third-order valence-corrected chi connectivity index (χ3v) is 15.8. The number of piperazine rings is 1. The number of likely N-dealkylation sites (N-methyl/N-ethyl adjacent to an activating group) is 1. The Kier molecular flexibility index (Phi) is 15.2. The molecule has 0 spiro atoms. The molecule has 3 atom stereocenters. The number of hydrogen-bond donors (Lipinski definition) is 1. The van der Waals surface area contributed by atoms with Crippen LogP contribution in [0.15, 0.2) is 61.1 Å². The SMILES string of the molecule is Cc1c(Cl)c2c(Cl)c(C)c1-c1c(-c3ccc(F)cc3)sc3ncnc(c13)O[C@@H](C(=O)O)Cc1cc(ccc1OCc1ccnc(C3CCC(OCC4COCO4)CC3)n1)OCC(CN1CCN(C)CC1)O2. The van der Waals surface area contributed by atoms with Gasteiger partial charge in [-0.25, -0.2) is 29.1 Å². The van der Waals surface area contributed by atoms with E-state index in [9.17, 15) is 14.3 Å². The first kappa shape index (κ1) is 49.3. The van der Waals surface area contributed by atoms with E-state index in [1.165, 1.54) is 29.8 Å². The van der Waals surface area contributed by atoms with Crippen LogP contribution in [0.25, 0.3) is 31.8 Å². The normalized spacial score (nSPS) is 22.1. The van der Waals surface area contributed by atoms with E-state index in [1.807, 2.05) is 19.9 Å². The smallest absolute Gasteiger partial charge is 0.345 e. The van der Waals surface area contributed by atoms with E-state index in [4.69, 9.17) is 61.3 Å². The summed E-state index contributed by atoms with van der Waals surface area (Å²) in [6.45, 7) is 9.37. The number of nitrogens with zero attached hydrogens (tertiary/aromatic N) is 6. The van der Waals surface area contributed by atoms with Crippen LogP contribution in [-0.4, -0.2) is 132 Å². The Hall–Kier alpha value is -5.24. The largest absolute Gasteiger partial charge is 0.490 e. The molecule has 19 heteroatoms. The van der Waals surface area contributed by atoms with Crippen molar-refractivity contribution in [2.45, 2.75) is 82.9 Å². The molecule has 4 bridgehead atoms. The number of aromatic nitrogens is 4. The highest BCUT2D eigenvalue weighted by molar-refractivity contribution is 7.22. The van der Waals surface area contributed by atoms with E-state index in [0.717, 1.165) is 57.7 Å². The molecular formula is C52H55Cl2FN6O9S.